The first-order chi connectivity index (χ1) is 10.0. The summed E-state index contributed by atoms with van der Waals surface area (Å²) in [5, 5.41) is 0.601. The van der Waals surface area contributed by atoms with Crippen molar-refractivity contribution in [1.29, 1.82) is 0 Å². The Labute approximate surface area is 131 Å². The molecule has 1 atom stereocenters. The number of aryl methyl sites for hydroxylation is 2. The molecule has 4 heteroatoms. The predicted octanol–water partition coefficient (Wildman–Crippen LogP) is 3.71. The summed E-state index contributed by atoms with van der Waals surface area (Å²) >= 11 is 6.07. The lowest BCUT2D eigenvalue weighted by molar-refractivity contribution is 0.413. The molecule has 3 N–H and O–H groups in total. The molecule has 0 aliphatic carbocycles. The molecule has 1 unspecified atom stereocenters. The van der Waals surface area contributed by atoms with Crippen molar-refractivity contribution in [2.45, 2.75) is 26.3 Å². The molecule has 0 fully saturated rings. The number of methoxy groups -OCH3 is 1. The molecule has 112 valence electrons. The lowest BCUT2D eigenvalue weighted by Gasteiger charge is -2.19. The summed E-state index contributed by atoms with van der Waals surface area (Å²) in [6, 6.07) is 12.2. The Kier molecular flexibility index (Phi) is 5.23. The summed E-state index contributed by atoms with van der Waals surface area (Å²) in [6.45, 7) is 4.21. The van der Waals surface area contributed by atoms with E-state index >= 15 is 0 Å². The van der Waals surface area contributed by atoms with Gasteiger partial charge in [0.2, 0.25) is 0 Å². The van der Waals surface area contributed by atoms with Gasteiger partial charge in [0.05, 0.1) is 18.2 Å². The normalized spacial score (nSPS) is 12.2. The molecule has 0 bridgehead atoms. The first-order valence-electron chi connectivity index (χ1n) is 6.91. The van der Waals surface area contributed by atoms with Gasteiger partial charge in [-0.05, 0) is 49.1 Å². The molecule has 21 heavy (non-hydrogen) atoms. The topological polar surface area (TPSA) is 47.3 Å². The number of hydrogen-bond acceptors (Lipinski definition) is 3. The zero-order chi connectivity index (χ0) is 15.4. The van der Waals surface area contributed by atoms with Crippen molar-refractivity contribution in [3.05, 3.63) is 63.7 Å². The van der Waals surface area contributed by atoms with E-state index in [9.17, 15) is 0 Å². The van der Waals surface area contributed by atoms with E-state index in [2.05, 4.69) is 37.5 Å². The highest BCUT2D eigenvalue weighted by molar-refractivity contribution is 6.32. The van der Waals surface area contributed by atoms with Crippen LogP contribution in [0.1, 0.15) is 28.3 Å². The summed E-state index contributed by atoms with van der Waals surface area (Å²) in [4.78, 5) is 0. The standard InChI is InChI=1S/C17H21ClN2O/c1-11-4-5-12(2)14(8-11)9-16(20-19)13-6-7-15(18)17(10-13)21-3/h4-8,10,16,20H,9,19H2,1-3H3. The Bertz CT molecular complexity index is 628. The molecule has 0 spiro atoms. The van der Waals surface area contributed by atoms with Crippen LogP contribution >= 0.6 is 11.6 Å². The van der Waals surface area contributed by atoms with Gasteiger partial charge in [-0.15, -0.1) is 0 Å². The van der Waals surface area contributed by atoms with Gasteiger partial charge in [0.1, 0.15) is 5.75 Å². The van der Waals surface area contributed by atoms with E-state index in [1.165, 1.54) is 16.7 Å². The van der Waals surface area contributed by atoms with Crippen LogP contribution in [0, 0.1) is 13.8 Å². The lowest BCUT2D eigenvalue weighted by atomic mass is 9.95. The van der Waals surface area contributed by atoms with Gasteiger partial charge in [0.15, 0.2) is 0 Å². The number of hydrogen-bond donors (Lipinski definition) is 2. The molecule has 0 radical (unpaired) electrons. The Morgan fingerprint density at radius 2 is 1.95 bits per heavy atom. The fourth-order valence-electron chi connectivity index (χ4n) is 2.41. The van der Waals surface area contributed by atoms with Gasteiger partial charge in [-0.2, -0.15) is 0 Å². The van der Waals surface area contributed by atoms with E-state index in [0.29, 0.717) is 10.8 Å². The van der Waals surface area contributed by atoms with E-state index in [1.54, 1.807) is 7.11 Å². The molecule has 3 nitrogen and oxygen atoms in total. The highest BCUT2D eigenvalue weighted by Gasteiger charge is 2.14. The van der Waals surface area contributed by atoms with Gasteiger partial charge < -0.3 is 4.74 Å². The molecule has 0 aliphatic heterocycles. The van der Waals surface area contributed by atoms with Crippen molar-refractivity contribution in [2.75, 3.05) is 7.11 Å². The van der Waals surface area contributed by atoms with Crippen LogP contribution in [0.4, 0.5) is 0 Å². The molecular formula is C17H21ClN2O. The van der Waals surface area contributed by atoms with Gasteiger partial charge in [-0.1, -0.05) is 41.4 Å². The Morgan fingerprint density at radius 3 is 2.62 bits per heavy atom. The van der Waals surface area contributed by atoms with Crippen molar-refractivity contribution in [3.8, 4) is 5.75 Å². The highest BCUT2D eigenvalue weighted by Crippen LogP contribution is 2.29. The van der Waals surface area contributed by atoms with Gasteiger partial charge in [-0.3, -0.25) is 11.3 Å². The number of benzene rings is 2. The van der Waals surface area contributed by atoms with E-state index in [4.69, 9.17) is 22.2 Å². The number of halogens is 1. The minimum absolute atomic E-state index is 0.0108. The number of nitrogens with two attached hydrogens (primary N) is 1. The van der Waals surface area contributed by atoms with Crippen LogP contribution in [0.15, 0.2) is 36.4 Å². The third-order valence-electron chi connectivity index (χ3n) is 3.71. The molecular weight excluding hydrogens is 284 g/mol. The molecule has 2 aromatic rings. The third-order valence-corrected chi connectivity index (χ3v) is 4.02. The summed E-state index contributed by atoms with van der Waals surface area (Å²) in [5.41, 5.74) is 7.74. The lowest BCUT2D eigenvalue weighted by Crippen LogP contribution is -2.29. The average Bonchev–Trinajstić information content (AvgIpc) is 2.49. The van der Waals surface area contributed by atoms with Crippen LogP contribution < -0.4 is 16.0 Å². The van der Waals surface area contributed by atoms with E-state index < -0.39 is 0 Å². The maximum atomic E-state index is 6.07. The maximum absolute atomic E-state index is 6.07. The molecule has 0 heterocycles. The molecule has 0 aromatic heterocycles. The maximum Gasteiger partial charge on any atom is 0.137 e. The van der Waals surface area contributed by atoms with E-state index in [-0.39, 0.29) is 6.04 Å². The molecule has 0 amide bonds. The van der Waals surface area contributed by atoms with Crippen molar-refractivity contribution < 1.29 is 4.74 Å². The molecule has 0 aliphatic rings. The summed E-state index contributed by atoms with van der Waals surface area (Å²) < 4.78 is 5.27. The Morgan fingerprint density at radius 1 is 1.19 bits per heavy atom. The van der Waals surface area contributed by atoms with Gasteiger partial charge >= 0.3 is 0 Å². The zero-order valence-electron chi connectivity index (χ0n) is 12.6. The van der Waals surface area contributed by atoms with Crippen molar-refractivity contribution in [3.63, 3.8) is 0 Å². The van der Waals surface area contributed by atoms with Crippen molar-refractivity contribution in [1.82, 2.24) is 5.43 Å². The van der Waals surface area contributed by atoms with Gasteiger partial charge in [0.25, 0.3) is 0 Å². The molecule has 0 saturated heterocycles. The second-order valence-electron chi connectivity index (χ2n) is 5.25. The van der Waals surface area contributed by atoms with Crippen molar-refractivity contribution in [2.24, 2.45) is 5.84 Å². The van der Waals surface area contributed by atoms with Crippen LogP contribution in [0.25, 0.3) is 0 Å². The number of nitrogens with one attached hydrogen (secondary N) is 1. The first kappa shape index (κ1) is 15.8. The smallest absolute Gasteiger partial charge is 0.137 e. The van der Waals surface area contributed by atoms with Crippen LogP contribution in [0.5, 0.6) is 5.75 Å². The number of rotatable bonds is 5. The van der Waals surface area contributed by atoms with Crippen LogP contribution in [0.3, 0.4) is 0 Å². The zero-order valence-corrected chi connectivity index (χ0v) is 13.4. The fraction of sp³-hybridized carbons (Fsp3) is 0.294. The minimum atomic E-state index is 0.0108. The second-order valence-corrected chi connectivity index (χ2v) is 5.65. The Hall–Kier alpha value is -1.55. The van der Waals surface area contributed by atoms with Crippen molar-refractivity contribution >= 4 is 11.6 Å². The third kappa shape index (κ3) is 3.76. The Balaban J connectivity index is 2.29. The van der Waals surface area contributed by atoms with Gasteiger partial charge in [-0.25, -0.2) is 0 Å². The fourth-order valence-corrected chi connectivity index (χ4v) is 2.60. The van der Waals surface area contributed by atoms with E-state index in [0.717, 1.165) is 12.0 Å². The van der Waals surface area contributed by atoms with Crippen LogP contribution in [-0.4, -0.2) is 7.11 Å². The monoisotopic (exact) mass is 304 g/mol. The molecule has 2 aromatic carbocycles. The molecule has 0 saturated carbocycles. The van der Waals surface area contributed by atoms with Crippen LogP contribution in [0.2, 0.25) is 5.02 Å². The van der Waals surface area contributed by atoms with Gasteiger partial charge in [0, 0.05) is 0 Å². The number of ether oxygens (including phenoxy) is 1. The van der Waals surface area contributed by atoms with E-state index in [1.807, 2.05) is 18.2 Å². The first-order valence-corrected chi connectivity index (χ1v) is 7.28. The second kappa shape index (κ2) is 6.94. The molecule has 2 rings (SSSR count). The highest BCUT2D eigenvalue weighted by atomic mass is 35.5. The summed E-state index contributed by atoms with van der Waals surface area (Å²) in [7, 11) is 1.61. The predicted molar refractivity (Wildman–Crippen MR) is 87.7 cm³/mol. The summed E-state index contributed by atoms with van der Waals surface area (Å²) in [6.07, 6.45) is 0.814. The quantitative estimate of drug-likeness (QED) is 0.654. The largest absolute Gasteiger partial charge is 0.495 e. The summed E-state index contributed by atoms with van der Waals surface area (Å²) in [5.74, 6) is 6.41. The average molecular weight is 305 g/mol. The SMILES string of the molecule is COc1cc(C(Cc2cc(C)ccc2C)NN)ccc1Cl. The number of hydrazine groups is 1. The van der Waals surface area contributed by atoms with Crippen LogP contribution in [-0.2, 0) is 6.42 Å². The minimum Gasteiger partial charge on any atom is -0.495 e.